The molecule has 0 aromatic heterocycles. The molecule has 0 aliphatic carbocycles. The number of rotatable bonds is 13. The molecule has 0 heterocycles. The van der Waals surface area contributed by atoms with E-state index in [0.29, 0.717) is 12.8 Å². The van der Waals surface area contributed by atoms with Crippen LogP contribution >= 0.6 is 0 Å². The topological polar surface area (TPSA) is 149 Å². The van der Waals surface area contributed by atoms with Crippen molar-refractivity contribution in [1.82, 2.24) is 0 Å². The van der Waals surface area contributed by atoms with Gasteiger partial charge >= 0.3 is 23.9 Å². The monoisotopic (exact) mass is 346 g/mol. The second-order valence-electron chi connectivity index (χ2n) is 5.88. The molecule has 0 bridgehead atoms. The minimum Gasteiger partial charge on any atom is -0.481 e. The summed E-state index contributed by atoms with van der Waals surface area (Å²) in [7, 11) is 0. The van der Waals surface area contributed by atoms with Crippen molar-refractivity contribution in [3.05, 3.63) is 0 Å². The lowest BCUT2D eigenvalue weighted by atomic mass is 9.83. The van der Waals surface area contributed by atoms with Crippen molar-refractivity contribution in [3.8, 4) is 0 Å². The fraction of sp³-hybridized carbons (Fsp3) is 0.750. The van der Waals surface area contributed by atoms with Gasteiger partial charge in [-0.2, -0.15) is 0 Å². The Morgan fingerprint density at radius 1 is 0.583 bits per heavy atom. The standard InChI is InChI=1S/C16H26O8/c1-3-9(13(17)18)11(15(21)22)7-5-6-8-12(16(23)24)10(4-2)14(19)20/h9-12H,3-8H2,1-2H3,(H,17,18)(H,19,20)(H,21,22)(H,23,24). The summed E-state index contributed by atoms with van der Waals surface area (Å²) in [6.45, 7) is 3.21. The van der Waals surface area contributed by atoms with E-state index in [1.165, 1.54) is 0 Å². The first-order valence-corrected chi connectivity index (χ1v) is 8.08. The lowest BCUT2D eigenvalue weighted by Crippen LogP contribution is -2.30. The zero-order valence-corrected chi connectivity index (χ0v) is 14.0. The van der Waals surface area contributed by atoms with Gasteiger partial charge in [-0.1, -0.05) is 26.7 Å². The van der Waals surface area contributed by atoms with E-state index >= 15 is 0 Å². The van der Waals surface area contributed by atoms with Gasteiger partial charge in [0.05, 0.1) is 23.7 Å². The van der Waals surface area contributed by atoms with E-state index in [9.17, 15) is 29.4 Å². The van der Waals surface area contributed by atoms with E-state index in [0.717, 1.165) is 0 Å². The summed E-state index contributed by atoms with van der Waals surface area (Å²) in [6, 6.07) is 0. The molecule has 0 aromatic rings. The van der Waals surface area contributed by atoms with Crippen molar-refractivity contribution in [2.75, 3.05) is 0 Å². The van der Waals surface area contributed by atoms with Crippen LogP contribution in [0.1, 0.15) is 52.4 Å². The van der Waals surface area contributed by atoms with E-state index < -0.39 is 47.5 Å². The van der Waals surface area contributed by atoms with Crippen LogP contribution in [0.4, 0.5) is 0 Å². The van der Waals surface area contributed by atoms with Gasteiger partial charge < -0.3 is 20.4 Å². The molecule has 0 amide bonds. The second-order valence-corrected chi connectivity index (χ2v) is 5.88. The molecular weight excluding hydrogens is 320 g/mol. The van der Waals surface area contributed by atoms with Crippen LogP contribution in [0.3, 0.4) is 0 Å². The summed E-state index contributed by atoms with van der Waals surface area (Å²) in [5, 5.41) is 36.5. The summed E-state index contributed by atoms with van der Waals surface area (Å²) in [4.78, 5) is 44.7. The SMILES string of the molecule is CCC(C(=O)O)C(CCCCC(C(=O)O)C(CC)C(=O)O)C(=O)O. The summed E-state index contributed by atoms with van der Waals surface area (Å²) in [5.41, 5.74) is 0. The normalized spacial score (nSPS) is 15.9. The summed E-state index contributed by atoms with van der Waals surface area (Å²) in [6.07, 6.45) is 1.30. The van der Waals surface area contributed by atoms with E-state index in [1.54, 1.807) is 13.8 Å². The Balaban J connectivity index is 4.70. The van der Waals surface area contributed by atoms with Crippen LogP contribution in [0.25, 0.3) is 0 Å². The quantitative estimate of drug-likeness (QED) is 0.371. The average Bonchev–Trinajstić information content (AvgIpc) is 2.47. The van der Waals surface area contributed by atoms with Crippen molar-refractivity contribution in [3.63, 3.8) is 0 Å². The molecule has 0 radical (unpaired) electrons. The third-order valence-electron chi connectivity index (χ3n) is 4.40. The summed E-state index contributed by atoms with van der Waals surface area (Å²) in [5.74, 6) is -8.72. The minimum absolute atomic E-state index is 0.121. The van der Waals surface area contributed by atoms with Crippen LogP contribution in [-0.2, 0) is 19.2 Å². The van der Waals surface area contributed by atoms with Crippen LogP contribution in [0.15, 0.2) is 0 Å². The predicted molar refractivity (Wildman–Crippen MR) is 83.6 cm³/mol. The van der Waals surface area contributed by atoms with Gasteiger partial charge in [0.1, 0.15) is 0 Å². The van der Waals surface area contributed by atoms with E-state index in [4.69, 9.17) is 10.2 Å². The Morgan fingerprint density at radius 3 is 1.00 bits per heavy atom. The van der Waals surface area contributed by atoms with Gasteiger partial charge in [-0.25, -0.2) is 0 Å². The van der Waals surface area contributed by atoms with Crippen LogP contribution < -0.4 is 0 Å². The Kier molecular flexibility index (Phi) is 9.68. The van der Waals surface area contributed by atoms with E-state index in [-0.39, 0.29) is 25.7 Å². The number of carboxylic acid groups (broad SMARTS) is 4. The van der Waals surface area contributed by atoms with Crippen LogP contribution in [0.5, 0.6) is 0 Å². The van der Waals surface area contributed by atoms with Crippen LogP contribution in [0.2, 0.25) is 0 Å². The molecule has 4 unspecified atom stereocenters. The molecule has 8 heteroatoms. The fourth-order valence-corrected chi connectivity index (χ4v) is 2.98. The second kappa shape index (κ2) is 10.6. The molecule has 0 aliphatic rings. The number of hydrogen-bond acceptors (Lipinski definition) is 4. The Labute approximate surface area is 140 Å². The lowest BCUT2D eigenvalue weighted by molar-refractivity contribution is -0.154. The van der Waals surface area contributed by atoms with Gasteiger partial charge in [0.25, 0.3) is 0 Å². The van der Waals surface area contributed by atoms with Gasteiger partial charge in [0.15, 0.2) is 0 Å². The summed E-state index contributed by atoms with van der Waals surface area (Å²) >= 11 is 0. The molecular formula is C16H26O8. The third kappa shape index (κ3) is 6.55. The van der Waals surface area contributed by atoms with Crippen LogP contribution in [0, 0.1) is 23.7 Å². The van der Waals surface area contributed by atoms with Crippen molar-refractivity contribution in [2.45, 2.75) is 52.4 Å². The maximum Gasteiger partial charge on any atom is 0.307 e. The Bertz CT molecular complexity index is 417. The predicted octanol–water partition coefficient (Wildman–Crippen LogP) is 2.17. The third-order valence-corrected chi connectivity index (χ3v) is 4.40. The molecule has 24 heavy (non-hydrogen) atoms. The largest absolute Gasteiger partial charge is 0.481 e. The maximum absolute atomic E-state index is 11.2. The van der Waals surface area contributed by atoms with Crippen molar-refractivity contribution >= 4 is 23.9 Å². The molecule has 0 spiro atoms. The van der Waals surface area contributed by atoms with Crippen molar-refractivity contribution in [2.24, 2.45) is 23.7 Å². The number of carboxylic acids is 4. The molecule has 0 rings (SSSR count). The van der Waals surface area contributed by atoms with Crippen molar-refractivity contribution in [1.29, 1.82) is 0 Å². The molecule has 4 N–H and O–H groups in total. The van der Waals surface area contributed by atoms with Gasteiger partial charge in [-0.15, -0.1) is 0 Å². The zero-order valence-electron chi connectivity index (χ0n) is 14.0. The average molecular weight is 346 g/mol. The molecule has 0 fully saturated rings. The number of aliphatic carboxylic acids is 4. The van der Waals surface area contributed by atoms with Gasteiger partial charge in [0, 0.05) is 0 Å². The van der Waals surface area contributed by atoms with Gasteiger partial charge in [0.2, 0.25) is 0 Å². The maximum atomic E-state index is 11.2. The molecule has 0 aromatic carbocycles. The molecule has 8 nitrogen and oxygen atoms in total. The highest BCUT2D eigenvalue weighted by Gasteiger charge is 2.33. The first kappa shape index (κ1) is 21.9. The molecule has 0 saturated heterocycles. The summed E-state index contributed by atoms with van der Waals surface area (Å²) < 4.78 is 0. The number of hydrogen-bond donors (Lipinski definition) is 4. The Morgan fingerprint density at radius 2 is 0.833 bits per heavy atom. The molecule has 0 aliphatic heterocycles. The highest BCUT2D eigenvalue weighted by molar-refractivity contribution is 5.80. The highest BCUT2D eigenvalue weighted by atomic mass is 16.4. The molecule has 138 valence electrons. The number of carbonyl (C=O) groups is 4. The zero-order chi connectivity index (χ0) is 18.9. The van der Waals surface area contributed by atoms with Gasteiger partial charge in [-0.3, -0.25) is 19.2 Å². The lowest BCUT2D eigenvalue weighted by Gasteiger charge is -2.21. The fourth-order valence-electron chi connectivity index (χ4n) is 2.98. The Hall–Kier alpha value is -2.12. The minimum atomic E-state index is -1.18. The first-order valence-electron chi connectivity index (χ1n) is 8.08. The van der Waals surface area contributed by atoms with Crippen molar-refractivity contribution < 1.29 is 39.6 Å². The van der Waals surface area contributed by atoms with E-state index in [2.05, 4.69) is 0 Å². The number of unbranched alkanes of at least 4 members (excludes halogenated alkanes) is 1. The first-order chi connectivity index (χ1) is 11.2. The molecule has 4 atom stereocenters. The molecule has 0 saturated carbocycles. The highest BCUT2D eigenvalue weighted by Crippen LogP contribution is 2.26. The van der Waals surface area contributed by atoms with Crippen LogP contribution in [-0.4, -0.2) is 44.3 Å². The van der Waals surface area contributed by atoms with E-state index in [1.807, 2.05) is 0 Å². The van der Waals surface area contributed by atoms with Gasteiger partial charge in [-0.05, 0) is 25.7 Å². The smallest absolute Gasteiger partial charge is 0.307 e.